The van der Waals surface area contributed by atoms with E-state index < -0.39 is 0 Å². The number of amides is 1. The molecule has 5 rings (SSSR count). The van der Waals surface area contributed by atoms with Crippen molar-refractivity contribution in [3.63, 3.8) is 0 Å². The lowest BCUT2D eigenvalue weighted by Gasteiger charge is -2.14. The van der Waals surface area contributed by atoms with Gasteiger partial charge in [-0.05, 0) is 62.1 Å². The highest BCUT2D eigenvalue weighted by molar-refractivity contribution is 5.94. The summed E-state index contributed by atoms with van der Waals surface area (Å²) >= 11 is 0. The highest BCUT2D eigenvalue weighted by Crippen LogP contribution is 2.27. The highest BCUT2D eigenvalue weighted by atomic mass is 19.1. The Morgan fingerprint density at radius 3 is 2.72 bits per heavy atom. The van der Waals surface area contributed by atoms with Crippen LogP contribution in [0.15, 0.2) is 48.5 Å². The van der Waals surface area contributed by atoms with E-state index in [1.54, 1.807) is 16.8 Å². The summed E-state index contributed by atoms with van der Waals surface area (Å²) < 4.78 is 15.1. The summed E-state index contributed by atoms with van der Waals surface area (Å²) in [5.74, 6) is 0.189. The third-order valence-electron chi connectivity index (χ3n) is 5.32. The number of H-pyrrole nitrogens is 1. The lowest BCUT2D eigenvalue weighted by molar-refractivity contribution is 0.0943. The largest absolute Gasteiger partial charge is 0.343 e. The minimum Gasteiger partial charge on any atom is -0.343 e. The predicted molar refractivity (Wildman–Crippen MR) is 107 cm³/mol. The Bertz CT molecular complexity index is 1160. The number of halogens is 1. The second-order valence-electron chi connectivity index (χ2n) is 7.25. The summed E-state index contributed by atoms with van der Waals surface area (Å²) in [4.78, 5) is 20.6. The van der Waals surface area contributed by atoms with Gasteiger partial charge in [-0.3, -0.25) is 4.79 Å². The number of imidazole rings is 1. The molecule has 146 valence electrons. The predicted octanol–water partition coefficient (Wildman–Crippen LogP) is 3.70. The van der Waals surface area contributed by atoms with E-state index in [0.29, 0.717) is 18.1 Å². The van der Waals surface area contributed by atoms with Crippen LogP contribution in [-0.2, 0) is 19.4 Å². The molecule has 4 aromatic rings. The van der Waals surface area contributed by atoms with Gasteiger partial charge in [0.25, 0.3) is 5.91 Å². The first-order valence-electron chi connectivity index (χ1n) is 9.77. The molecule has 0 atom stereocenters. The van der Waals surface area contributed by atoms with Crippen molar-refractivity contribution in [2.45, 2.75) is 32.2 Å². The van der Waals surface area contributed by atoms with E-state index in [1.807, 2.05) is 24.3 Å². The minimum atomic E-state index is -0.293. The lowest BCUT2D eigenvalue weighted by atomic mass is 9.95. The first kappa shape index (κ1) is 17.6. The second kappa shape index (κ2) is 7.16. The van der Waals surface area contributed by atoms with Gasteiger partial charge < -0.3 is 10.3 Å². The maximum Gasteiger partial charge on any atom is 0.272 e. The Morgan fingerprint density at radius 1 is 1.10 bits per heavy atom. The van der Waals surface area contributed by atoms with E-state index in [1.165, 1.54) is 12.1 Å². The fourth-order valence-electron chi connectivity index (χ4n) is 3.91. The summed E-state index contributed by atoms with van der Waals surface area (Å²) in [6.07, 6.45) is 3.77. The molecule has 2 heterocycles. The van der Waals surface area contributed by atoms with Crippen molar-refractivity contribution < 1.29 is 9.18 Å². The van der Waals surface area contributed by atoms with Crippen LogP contribution in [0.5, 0.6) is 0 Å². The molecule has 1 aliphatic rings. The van der Waals surface area contributed by atoms with Gasteiger partial charge in [0.2, 0.25) is 0 Å². The molecule has 2 aromatic heterocycles. The lowest BCUT2D eigenvalue weighted by Crippen LogP contribution is -2.25. The van der Waals surface area contributed by atoms with Gasteiger partial charge in [-0.2, -0.15) is 5.10 Å². The zero-order valence-electron chi connectivity index (χ0n) is 15.8. The van der Waals surface area contributed by atoms with Crippen molar-refractivity contribution in [1.82, 2.24) is 25.1 Å². The number of aromatic nitrogens is 4. The Kier molecular flexibility index (Phi) is 4.35. The second-order valence-corrected chi connectivity index (χ2v) is 7.25. The van der Waals surface area contributed by atoms with Crippen molar-refractivity contribution in [1.29, 1.82) is 0 Å². The Hall–Kier alpha value is -3.48. The van der Waals surface area contributed by atoms with Crippen molar-refractivity contribution in [3.8, 4) is 5.69 Å². The third kappa shape index (κ3) is 3.29. The molecule has 6 nitrogen and oxygen atoms in total. The van der Waals surface area contributed by atoms with E-state index in [-0.39, 0.29) is 11.7 Å². The maximum atomic E-state index is 13.3. The van der Waals surface area contributed by atoms with Crippen LogP contribution in [0, 0.1) is 5.82 Å². The molecule has 0 radical (unpaired) electrons. The molecule has 2 aromatic carbocycles. The quantitative estimate of drug-likeness (QED) is 0.559. The normalized spacial score (nSPS) is 13.4. The molecular weight excluding hydrogens is 369 g/mol. The molecule has 2 N–H and O–H groups in total. The van der Waals surface area contributed by atoms with Crippen molar-refractivity contribution in [3.05, 3.63) is 77.1 Å². The van der Waals surface area contributed by atoms with Crippen molar-refractivity contribution in [2.75, 3.05) is 0 Å². The molecule has 0 saturated heterocycles. The van der Waals surface area contributed by atoms with Gasteiger partial charge >= 0.3 is 0 Å². The highest BCUT2D eigenvalue weighted by Gasteiger charge is 2.25. The number of fused-ring (bicyclic) bond motifs is 2. The van der Waals surface area contributed by atoms with Gasteiger partial charge in [-0.15, -0.1) is 0 Å². The molecule has 1 aliphatic carbocycles. The molecule has 0 bridgehead atoms. The molecule has 0 unspecified atom stereocenters. The van der Waals surface area contributed by atoms with Crippen LogP contribution in [0.2, 0.25) is 0 Å². The number of benzene rings is 2. The zero-order valence-corrected chi connectivity index (χ0v) is 15.8. The average Bonchev–Trinajstić information content (AvgIpc) is 3.34. The maximum absolute atomic E-state index is 13.3. The first-order chi connectivity index (χ1) is 14.2. The molecule has 0 aliphatic heterocycles. The number of nitrogens with zero attached hydrogens (tertiary/aromatic N) is 3. The van der Waals surface area contributed by atoms with Gasteiger partial charge in [0.15, 0.2) is 5.69 Å². The molecular formula is C22H20FN5O. The van der Waals surface area contributed by atoms with Gasteiger partial charge in [-0.25, -0.2) is 14.1 Å². The van der Waals surface area contributed by atoms with Crippen LogP contribution in [-0.4, -0.2) is 25.7 Å². The SMILES string of the molecule is O=C(NCc1nc2ccccc2[nH]1)c1nn(-c2ccc(F)cc2)c2c1CCCC2. The fourth-order valence-corrected chi connectivity index (χ4v) is 3.91. The number of aromatic amines is 1. The summed E-state index contributed by atoms with van der Waals surface area (Å²) in [6.45, 7) is 0.297. The minimum absolute atomic E-state index is 0.218. The van der Waals surface area contributed by atoms with E-state index in [9.17, 15) is 9.18 Å². The summed E-state index contributed by atoms with van der Waals surface area (Å²) in [6, 6.07) is 13.9. The summed E-state index contributed by atoms with van der Waals surface area (Å²) in [5.41, 5.74) is 5.05. The number of nitrogens with one attached hydrogen (secondary N) is 2. The van der Waals surface area contributed by atoms with Crippen LogP contribution in [0.4, 0.5) is 4.39 Å². The van der Waals surface area contributed by atoms with Crippen LogP contribution in [0.1, 0.15) is 40.4 Å². The van der Waals surface area contributed by atoms with Crippen molar-refractivity contribution >= 4 is 16.9 Å². The van der Waals surface area contributed by atoms with Gasteiger partial charge in [-0.1, -0.05) is 12.1 Å². The topological polar surface area (TPSA) is 75.6 Å². The van der Waals surface area contributed by atoms with Gasteiger partial charge in [0.05, 0.1) is 23.3 Å². The number of hydrogen-bond donors (Lipinski definition) is 2. The summed E-state index contributed by atoms with van der Waals surface area (Å²) in [5, 5.41) is 7.53. The molecule has 0 spiro atoms. The number of hydrogen-bond acceptors (Lipinski definition) is 3. The Balaban J connectivity index is 1.42. The fraction of sp³-hybridized carbons (Fsp3) is 0.227. The standard InChI is InChI=1S/C22H20FN5O/c23-14-9-11-15(12-10-14)28-19-8-4-1-5-16(19)21(27-28)22(29)24-13-20-25-17-6-2-3-7-18(17)26-20/h2-3,6-7,9-12H,1,4-5,8,13H2,(H,24,29)(H,25,26). The number of rotatable bonds is 4. The first-order valence-corrected chi connectivity index (χ1v) is 9.77. The van der Waals surface area contributed by atoms with Crippen LogP contribution >= 0.6 is 0 Å². The molecule has 7 heteroatoms. The monoisotopic (exact) mass is 389 g/mol. The Labute approximate surface area is 166 Å². The van der Waals surface area contributed by atoms with Crippen LogP contribution in [0.25, 0.3) is 16.7 Å². The number of para-hydroxylation sites is 2. The zero-order chi connectivity index (χ0) is 19.8. The number of carbonyl (C=O) groups excluding carboxylic acids is 1. The summed E-state index contributed by atoms with van der Waals surface area (Å²) in [7, 11) is 0. The average molecular weight is 389 g/mol. The van der Waals surface area contributed by atoms with Crippen LogP contribution in [0.3, 0.4) is 0 Å². The van der Waals surface area contributed by atoms with E-state index in [0.717, 1.165) is 53.7 Å². The molecule has 29 heavy (non-hydrogen) atoms. The van der Waals surface area contributed by atoms with E-state index in [2.05, 4.69) is 20.4 Å². The molecule has 0 fully saturated rings. The molecule has 1 amide bonds. The van der Waals surface area contributed by atoms with E-state index >= 15 is 0 Å². The van der Waals surface area contributed by atoms with Gasteiger partial charge in [0, 0.05) is 11.3 Å². The van der Waals surface area contributed by atoms with Crippen LogP contribution < -0.4 is 5.32 Å². The van der Waals surface area contributed by atoms with Crippen molar-refractivity contribution in [2.24, 2.45) is 0 Å². The van der Waals surface area contributed by atoms with Gasteiger partial charge in [0.1, 0.15) is 11.6 Å². The number of carbonyl (C=O) groups is 1. The third-order valence-corrected chi connectivity index (χ3v) is 5.32. The smallest absolute Gasteiger partial charge is 0.272 e. The Morgan fingerprint density at radius 2 is 1.90 bits per heavy atom. The molecule has 0 saturated carbocycles. The van der Waals surface area contributed by atoms with E-state index in [4.69, 9.17) is 0 Å².